The SMILES string of the molecule is CC(CN(C)C(=O)CSCc1ccccn1)C(=O)O. The van der Waals surface area contributed by atoms with E-state index in [4.69, 9.17) is 5.11 Å². The molecular formula is C13H18N2O3S. The zero-order valence-corrected chi connectivity index (χ0v) is 11.9. The van der Waals surface area contributed by atoms with Gasteiger partial charge in [0.25, 0.3) is 0 Å². The van der Waals surface area contributed by atoms with Gasteiger partial charge in [0.1, 0.15) is 0 Å². The van der Waals surface area contributed by atoms with Gasteiger partial charge in [0.15, 0.2) is 0 Å². The summed E-state index contributed by atoms with van der Waals surface area (Å²) in [5, 5.41) is 8.79. The number of rotatable bonds is 7. The molecule has 0 saturated carbocycles. The maximum atomic E-state index is 11.8. The Labute approximate surface area is 117 Å². The highest BCUT2D eigenvalue weighted by Crippen LogP contribution is 2.10. The first-order valence-corrected chi connectivity index (χ1v) is 7.10. The summed E-state index contributed by atoms with van der Waals surface area (Å²) < 4.78 is 0. The maximum absolute atomic E-state index is 11.8. The summed E-state index contributed by atoms with van der Waals surface area (Å²) in [6, 6.07) is 5.67. The molecule has 19 heavy (non-hydrogen) atoms. The van der Waals surface area contributed by atoms with Crippen LogP contribution in [0.1, 0.15) is 12.6 Å². The van der Waals surface area contributed by atoms with Crippen LogP contribution in [0.3, 0.4) is 0 Å². The molecule has 104 valence electrons. The zero-order valence-electron chi connectivity index (χ0n) is 11.1. The van der Waals surface area contributed by atoms with Gasteiger partial charge in [-0.3, -0.25) is 14.6 Å². The Bertz CT molecular complexity index is 425. The lowest BCUT2D eigenvalue weighted by Crippen LogP contribution is -2.34. The second-order valence-electron chi connectivity index (χ2n) is 4.33. The molecule has 0 aliphatic heterocycles. The minimum absolute atomic E-state index is 0.0611. The number of hydrogen-bond acceptors (Lipinski definition) is 4. The van der Waals surface area contributed by atoms with E-state index in [-0.39, 0.29) is 12.5 Å². The fourth-order valence-corrected chi connectivity index (χ4v) is 2.30. The van der Waals surface area contributed by atoms with Gasteiger partial charge in [0.2, 0.25) is 5.91 Å². The number of nitrogens with zero attached hydrogens (tertiary/aromatic N) is 2. The third-order valence-corrected chi connectivity index (χ3v) is 3.55. The van der Waals surface area contributed by atoms with Crippen LogP contribution in [0.5, 0.6) is 0 Å². The summed E-state index contributed by atoms with van der Waals surface area (Å²) in [7, 11) is 1.63. The van der Waals surface area contributed by atoms with Crippen molar-refractivity contribution in [3.05, 3.63) is 30.1 Å². The summed E-state index contributed by atoms with van der Waals surface area (Å²) >= 11 is 1.48. The molecule has 1 atom stereocenters. The van der Waals surface area contributed by atoms with Gasteiger partial charge in [-0.1, -0.05) is 13.0 Å². The largest absolute Gasteiger partial charge is 0.481 e. The summed E-state index contributed by atoms with van der Waals surface area (Å²) in [5.41, 5.74) is 0.932. The molecule has 1 heterocycles. The smallest absolute Gasteiger partial charge is 0.308 e. The minimum atomic E-state index is -0.888. The van der Waals surface area contributed by atoms with Gasteiger partial charge in [0, 0.05) is 25.5 Å². The quantitative estimate of drug-likeness (QED) is 0.820. The Balaban J connectivity index is 2.29. The van der Waals surface area contributed by atoms with Crippen LogP contribution in [0, 0.1) is 5.92 Å². The Hall–Kier alpha value is -1.56. The van der Waals surface area contributed by atoms with E-state index >= 15 is 0 Å². The van der Waals surface area contributed by atoms with E-state index in [9.17, 15) is 9.59 Å². The van der Waals surface area contributed by atoms with Gasteiger partial charge in [-0.05, 0) is 12.1 Å². The zero-order chi connectivity index (χ0) is 14.3. The van der Waals surface area contributed by atoms with E-state index < -0.39 is 11.9 Å². The van der Waals surface area contributed by atoms with Crippen molar-refractivity contribution in [2.75, 3.05) is 19.3 Å². The van der Waals surface area contributed by atoms with Crippen LogP contribution < -0.4 is 0 Å². The lowest BCUT2D eigenvalue weighted by molar-refractivity contribution is -0.142. The molecule has 1 N–H and O–H groups in total. The van der Waals surface area contributed by atoms with E-state index in [1.54, 1.807) is 20.2 Å². The fraction of sp³-hybridized carbons (Fsp3) is 0.462. The fourth-order valence-electron chi connectivity index (χ4n) is 1.43. The first-order chi connectivity index (χ1) is 9.00. The van der Waals surface area contributed by atoms with Crippen molar-refractivity contribution in [3.8, 4) is 0 Å². The monoisotopic (exact) mass is 282 g/mol. The molecule has 0 saturated heterocycles. The lowest BCUT2D eigenvalue weighted by atomic mass is 10.2. The molecule has 0 fully saturated rings. The van der Waals surface area contributed by atoms with Crippen LogP contribution in [0.15, 0.2) is 24.4 Å². The normalized spacial score (nSPS) is 11.9. The molecule has 1 amide bonds. The number of thioether (sulfide) groups is 1. The number of amides is 1. The van der Waals surface area contributed by atoms with E-state index in [0.29, 0.717) is 11.5 Å². The summed E-state index contributed by atoms with van der Waals surface area (Å²) in [4.78, 5) is 28.1. The van der Waals surface area contributed by atoms with Crippen LogP contribution in [0.25, 0.3) is 0 Å². The molecule has 1 aromatic rings. The number of hydrogen-bond donors (Lipinski definition) is 1. The lowest BCUT2D eigenvalue weighted by Gasteiger charge is -2.19. The molecule has 0 spiro atoms. The van der Waals surface area contributed by atoms with Crippen LogP contribution in [0.4, 0.5) is 0 Å². The van der Waals surface area contributed by atoms with Crippen molar-refractivity contribution in [1.29, 1.82) is 0 Å². The third kappa shape index (κ3) is 5.74. The van der Waals surface area contributed by atoms with E-state index in [1.807, 2.05) is 18.2 Å². The molecule has 5 nitrogen and oxygen atoms in total. The van der Waals surface area contributed by atoms with Crippen LogP contribution in [0.2, 0.25) is 0 Å². The van der Waals surface area contributed by atoms with Crippen molar-refractivity contribution in [2.24, 2.45) is 5.92 Å². The molecule has 6 heteroatoms. The number of carboxylic acid groups (broad SMARTS) is 1. The van der Waals surface area contributed by atoms with E-state index in [1.165, 1.54) is 16.7 Å². The molecule has 0 aliphatic carbocycles. The first kappa shape index (κ1) is 15.5. The molecule has 0 aliphatic rings. The number of carbonyl (C=O) groups excluding carboxylic acids is 1. The van der Waals surface area contributed by atoms with E-state index in [2.05, 4.69) is 4.98 Å². The van der Waals surface area contributed by atoms with Crippen molar-refractivity contribution >= 4 is 23.6 Å². The standard InChI is InChI=1S/C13H18N2O3S/c1-10(13(17)18)7-15(2)12(16)9-19-8-11-5-3-4-6-14-11/h3-6,10H,7-9H2,1-2H3,(H,17,18). The van der Waals surface area contributed by atoms with Crippen LogP contribution in [-0.2, 0) is 15.3 Å². The average molecular weight is 282 g/mol. The molecular weight excluding hydrogens is 264 g/mol. The van der Waals surface area contributed by atoms with Crippen molar-refractivity contribution in [1.82, 2.24) is 9.88 Å². The van der Waals surface area contributed by atoms with Gasteiger partial charge in [-0.25, -0.2) is 0 Å². The number of aliphatic carboxylic acids is 1. The molecule has 0 aromatic carbocycles. The summed E-state index contributed by atoms with van der Waals surface area (Å²) in [6.45, 7) is 1.82. The highest BCUT2D eigenvalue weighted by molar-refractivity contribution is 7.99. The maximum Gasteiger partial charge on any atom is 0.308 e. The van der Waals surface area contributed by atoms with Crippen molar-refractivity contribution in [3.63, 3.8) is 0 Å². The number of carboxylic acids is 1. The molecule has 0 bridgehead atoms. The highest BCUT2D eigenvalue weighted by Gasteiger charge is 2.17. The molecule has 1 unspecified atom stereocenters. The first-order valence-electron chi connectivity index (χ1n) is 5.95. The van der Waals surface area contributed by atoms with Gasteiger partial charge in [0.05, 0.1) is 17.4 Å². The van der Waals surface area contributed by atoms with Crippen molar-refractivity contribution < 1.29 is 14.7 Å². The third-order valence-electron chi connectivity index (χ3n) is 2.60. The molecule has 1 rings (SSSR count). The number of aromatic nitrogens is 1. The highest BCUT2D eigenvalue weighted by atomic mass is 32.2. The predicted octanol–water partition coefficient (Wildman–Crippen LogP) is 1.49. The Morgan fingerprint density at radius 3 is 2.79 bits per heavy atom. The van der Waals surface area contributed by atoms with Crippen LogP contribution >= 0.6 is 11.8 Å². The van der Waals surface area contributed by atoms with Gasteiger partial charge < -0.3 is 10.0 Å². The van der Waals surface area contributed by atoms with Gasteiger partial charge >= 0.3 is 5.97 Å². The number of pyridine rings is 1. The van der Waals surface area contributed by atoms with Crippen LogP contribution in [-0.4, -0.2) is 46.2 Å². The number of carbonyl (C=O) groups is 2. The van der Waals surface area contributed by atoms with E-state index in [0.717, 1.165) is 5.69 Å². The Morgan fingerprint density at radius 2 is 2.21 bits per heavy atom. The van der Waals surface area contributed by atoms with Crippen molar-refractivity contribution in [2.45, 2.75) is 12.7 Å². The van der Waals surface area contributed by atoms with Gasteiger partial charge in [-0.2, -0.15) is 0 Å². The van der Waals surface area contributed by atoms with Gasteiger partial charge in [-0.15, -0.1) is 11.8 Å². The summed E-state index contributed by atoms with van der Waals surface area (Å²) in [5.74, 6) is -0.488. The second-order valence-corrected chi connectivity index (χ2v) is 5.31. The minimum Gasteiger partial charge on any atom is -0.481 e. The average Bonchev–Trinajstić information content (AvgIpc) is 2.39. The topological polar surface area (TPSA) is 70.5 Å². The second kappa shape index (κ2) is 7.78. The summed E-state index contributed by atoms with van der Waals surface area (Å²) in [6.07, 6.45) is 1.72. The Morgan fingerprint density at radius 1 is 1.47 bits per heavy atom. The predicted molar refractivity (Wildman–Crippen MR) is 74.8 cm³/mol. The molecule has 0 radical (unpaired) electrons. The molecule has 1 aromatic heterocycles. The Kier molecular flexibility index (Phi) is 6.35.